The van der Waals surface area contributed by atoms with Gasteiger partial charge in [0.25, 0.3) is 0 Å². The molecule has 0 saturated heterocycles. The number of rotatable bonds is 4. The van der Waals surface area contributed by atoms with Gasteiger partial charge in [0.15, 0.2) is 5.69 Å². The van der Waals surface area contributed by atoms with Gasteiger partial charge in [0.2, 0.25) is 5.91 Å². The molecule has 2 aromatic heterocycles. The zero-order chi connectivity index (χ0) is 18.0. The lowest BCUT2D eigenvalue weighted by molar-refractivity contribution is -0.141. The third-order valence-corrected chi connectivity index (χ3v) is 3.63. The fraction of sp³-hybridized carbons (Fsp3) is 0.188. The SMILES string of the molecule is CC(C(=O)Nc1cn[nH]c1-c1ccccc1)n1ccc(C(F)(F)F)n1. The Hall–Kier alpha value is -3.10. The molecule has 6 nitrogen and oxygen atoms in total. The molecule has 130 valence electrons. The maximum atomic E-state index is 12.6. The Morgan fingerprint density at radius 1 is 1.24 bits per heavy atom. The molecule has 1 aromatic carbocycles. The number of carbonyl (C=O) groups excluding carboxylic acids is 1. The van der Waals surface area contributed by atoms with E-state index in [0.29, 0.717) is 11.4 Å². The predicted octanol–water partition coefficient (Wildman–Crippen LogP) is 3.49. The molecule has 25 heavy (non-hydrogen) atoms. The Balaban J connectivity index is 1.77. The summed E-state index contributed by atoms with van der Waals surface area (Å²) in [6, 6.07) is 9.13. The molecule has 1 atom stereocenters. The molecule has 0 aliphatic heterocycles. The minimum atomic E-state index is -4.55. The molecular weight excluding hydrogens is 335 g/mol. The summed E-state index contributed by atoms with van der Waals surface area (Å²) < 4.78 is 38.8. The maximum Gasteiger partial charge on any atom is 0.435 e. The van der Waals surface area contributed by atoms with Crippen molar-refractivity contribution < 1.29 is 18.0 Å². The van der Waals surface area contributed by atoms with Crippen LogP contribution in [0.2, 0.25) is 0 Å². The molecule has 9 heteroatoms. The number of halogens is 3. The number of nitrogens with zero attached hydrogens (tertiary/aromatic N) is 3. The number of hydrogen-bond acceptors (Lipinski definition) is 3. The normalized spacial score (nSPS) is 12.8. The fourth-order valence-electron chi connectivity index (χ4n) is 2.27. The Morgan fingerprint density at radius 2 is 1.96 bits per heavy atom. The Labute approximate surface area is 140 Å². The van der Waals surface area contributed by atoms with Gasteiger partial charge in [-0.05, 0) is 13.0 Å². The molecular formula is C16H14F3N5O. The number of hydrogen-bond donors (Lipinski definition) is 2. The molecule has 0 aliphatic carbocycles. The fourth-order valence-corrected chi connectivity index (χ4v) is 2.27. The van der Waals surface area contributed by atoms with Crippen molar-refractivity contribution in [2.75, 3.05) is 5.32 Å². The van der Waals surface area contributed by atoms with E-state index in [9.17, 15) is 18.0 Å². The summed E-state index contributed by atoms with van der Waals surface area (Å²) in [5.41, 5.74) is 0.825. The zero-order valence-corrected chi connectivity index (χ0v) is 13.1. The first-order valence-electron chi connectivity index (χ1n) is 7.38. The van der Waals surface area contributed by atoms with Gasteiger partial charge >= 0.3 is 6.18 Å². The van der Waals surface area contributed by atoms with Crippen molar-refractivity contribution in [2.24, 2.45) is 0 Å². The number of H-pyrrole nitrogens is 1. The monoisotopic (exact) mass is 349 g/mol. The van der Waals surface area contributed by atoms with Crippen LogP contribution in [0.5, 0.6) is 0 Å². The van der Waals surface area contributed by atoms with Gasteiger partial charge in [-0.25, -0.2) is 0 Å². The van der Waals surface area contributed by atoms with E-state index in [1.807, 2.05) is 30.3 Å². The van der Waals surface area contributed by atoms with E-state index in [1.54, 1.807) is 0 Å². The van der Waals surface area contributed by atoms with Crippen molar-refractivity contribution >= 4 is 11.6 Å². The Morgan fingerprint density at radius 3 is 2.60 bits per heavy atom. The molecule has 0 bridgehead atoms. The lowest BCUT2D eigenvalue weighted by Crippen LogP contribution is -2.24. The van der Waals surface area contributed by atoms with E-state index in [2.05, 4.69) is 20.6 Å². The average Bonchev–Trinajstić information content (AvgIpc) is 3.24. The van der Waals surface area contributed by atoms with Crippen molar-refractivity contribution in [1.82, 2.24) is 20.0 Å². The number of aromatic nitrogens is 4. The summed E-state index contributed by atoms with van der Waals surface area (Å²) in [7, 11) is 0. The second-order valence-corrected chi connectivity index (χ2v) is 5.37. The highest BCUT2D eigenvalue weighted by Gasteiger charge is 2.34. The molecule has 0 fully saturated rings. The van der Waals surface area contributed by atoms with E-state index in [0.717, 1.165) is 22.5 Å². The van der Waals surface area contributed by atoms with Crippen LogP contribution in [-0.4, -0.2) is 25.9 Å². The van der Waals surface area contributed by atoms with E-state index < -0.39 is 23.8 Å². The first-order chi connectivity index (χ1) is 11.9. The number of aromatic amines is 1. The van der Waals surface area contributed by atoms with Crippen molar-refractivity contribution in [1.29, 1.82) is 0 Å². The largest absolute Gasteiger partial charge is 0.435 e. The second kappa shape index (κ2) is 6.42. The van der Waals surface area contributed by atoms with Crippen molar-refractivity contribution in [2.45, 2.75) is 19.1 Å². The minimum absolute atomic E-state index is 0.436. The number of alkyl halides is 3. The highest BCUT2D eigenvalue weighted by molar-refractivity contribution is 5.96. The highest BCUT2D eigenvalue weighted by Crippen LogP contribution is 2.28. The van der Waals surface area contributed by atoms with E-state index in [-0.39, 0.29) is 0 Å². The van der Waals surface area contributed by atoms with Crippen LogP contribution in [0.15, 0.2) is 48.8 Å². The van der Waals surface area contributed by atoms with Gasteiger partial charge in [-0.3, -0.25) is 14.6 Å². The van der Waals surface area contributed by atoms with E-state index >= 15 is 0 Å². The molecule has 0 radical (unpaired) electrons. The molecule has 3 aromatic rings. The van der Waals surface area contributed by atoms with Crippen LogP contribution in [0.25, 0.3) is 11.3 Å². The Kier molecular flexibility index (Phi) is 4.30. The maximum absolute atomic E-state index is 12.6. The summed E-state index contributed by atoms with van der Waals surface area (Å²) in [6.45, 7) is 1.46. The first-order valence-corrected chi connectivity index (χ1v) is 7.38. The zero-order valence-electron chi connectivity index (χ0n) is 13.1. The second-order valence-electron chi connectivity index (χ2n) is 5.37. The quantitative estimate of drug-likeness (QED) is 0.757. The summed E-state index contributed by atoms with van der Waals surface area (Å²) >= 11 is 0. The highest BCUT2D eigenvalue weighted by atomic mass is 19.4. The smallest absolute Gasteiger partial charge is 0.321 e. The summed E-state index contributed by atoms with van der Waals surface area (Å²) in [6.07, 6.45) is -1.98. The molecule has 1 amide bonds. The van der Waals surface area contributed by atoms with Gasteiger partial charge < -0.3 is 5.32 Å². The summed E-state index contributed by atoms with van der Waals surface area (Å²) in [5, 5.41) is 12.8. The van der Waals surface area contributed by atoms with Gasteiger partial charge in [-0.1, -0.05) is 30.3 Å². The van der Waals surface area contributed by atoms with Gasteiger partial charge in [0.05, 0.1) is 17.6 Å². The standard InChI is InChI=1S/C16H14F3N5O/c1-10(24-8-7-13(23-24)16(17,18)19)15(25)21-12-9-20-22-14(12)11-5-3-2-4-6-11/h2-10H,1H3,(H,20,22)(H,21,25). The van der Waals surface area contributed by atoms with Crippen LogP contribution in [0, 0.1) is 0 Å². The molecule has 2 N–H and O–H groups in total. The van der Waals surface area contributed by atoms with Crippen LogP contribution < -0.4 is 5.32 Å². The Bertz CT molecular complexity index is 869. The van der Waals surface area contributed by atoms with Crippen LogP contribution in [0.4, 0.5) is 18.9 Å². The molecule has 2 heterocycles. The van der Waals surface area contributed by atoms with Crippen LogP contribution in [-0.2, 0) is 11.0 Å². The lowest BCUT2D eigenvalue weighted by atomic mass is 10.1. The van der Waals surface area contributed by atoms with Gasteiger partial charge in [-0.15, -0.1) is 0 Å². The van der Waals surface area contributed by atoms with Crippen LogP contribution >= 0.6 is 0 Å². The van der Waals surface area contributed by atoms with Crippen LogP contribution in [0.3, 0.4) is 0 Å². The number of benzene rings is 1. The van der Waals surface area contributed by atoms with Crippen LogP contribution in [0.1, 0.15) is 18.7 Å². The number of carbonyl (C=O) groups is 1. The molecule has 3 rings (SSSR count). The average molecular weight is 349 g/mol. The topological polar surface area (TPSA) is 75.6 Å². The number of anilines is 1. The van der Waals surface area contributed by atoms with Crippen molar-refractivity contribution in [3.05, 3.63) is 54.5 Å². The van der Waals surface area contributed by atoms with Gasteiger partial charge in [0, 0.05) is 11.8 Å². The molecule has 1 unspecified atom stereocenters. The van der Waals surface area contributed by atoms with Crippen molar-refractivity contribution in [3.63, 3.8) is 0 Å². The predicted molar refractivity (Wildman–Crippen MR) is 84.6 cm³/mol. The van der Waals surface area contributed by atoms with E-state index in [1.165, 1.54) is 13.1 Å². The number of nitrogens with one attached hydrogen (secondary N) is 2. The summed E-state index contributed by atoms with van der Waals surface area (Å²) in [5.74, 6) is -0.504. The molecule has 0 spiro atoms. The molecule has 0 saturated carbocycles. The first kappa shape index (κ1) is 16.7. The lowest BCUT2D eigenvalue weighted by Gasteiger charge is -2.13. The third kappa shape index (κ3) is 3.54. The van der Waals surface area contributed by atoms with Gasteiger partial charge in [0.1, 0.15) is 6.04 Å². The third-order valence-electron chi connectivity index (χ3n) is 3.63. The molecule has 0 aliphatic rings. The van der Waals surface area contributed by atoms with Crippen molar-refractivity contribution in [3.8, 4) is 11.3 Å². The minimum Gasteiger partial charge on any atom is -0.321 e. The van der Waals surface area contributed by atoms with E-state index in [4.69, 9.17) is 0 Å². The van der Waals surface area contributed by atoms with Gasteiger partial charge in [-0.2, -0.15) is 23.4 Å². The number of amides is 1. The summed E-state index contributed by atoms with van der Waals surface area (Å²) in [4.78, 5) is 12.4.